The molecule has 0 radical (unpaired) electrons. The number of benzene rings is 2. The van der Waals surface area contributed by atoms with E-state index in [1.807, 2.05) is 0 Å². The Balaban J connectivity index is 1.95. The lowest BCUT2D eigenvalue weighted by molar-refractivity contribution is -0.384. The van der Waals surface area contributed by atoms with Crippen molar-refractivity contribution in [2.24, 2.45) is 5.73 Å². The molecule has 2 N–H and O–H groups in total. The van der Waals surface area contributed by atoms with E-state index >= 15 is 0 Å². The van der Waals surface area contributed by atoms with E-state index < -0.39 is 10.8 Å². The van der Waals surface area contributed by atoms with E-state index in [4.69, 9.17) is 10.5 Å². The maximum absolute atomic E-state index is 12.4. The molecule has 0 bridgehead atoms. The summed E-state index contributed by atoms with van der Waals surface area (Å²) in [6.45, 7) is 1.61. The van der Waals surface area contributed by atoms with E-state index in [2.05, 4.69) is 0 Å². The third-order valence-corrected chi connectivity index (χ3v) is 4.20. The van der Waals surface area contributed by atoms with Crippen LogP contribution in [0.1, 0.15) is 24.1 Å². The van der Waals surface area contributed by atoms with Crippen molar-refractivity contribution in [2.75, 3.05) is 13.7 Å². The van der Waals surface area contributed by atoms with Crippen LogP contribution in [0.25, 0.3) is 0 Å². The number of hydrogen-bond donors (Lipinski definition) is 1. The predicted octanol–water partition coefficient (Wildman–Crippen LogP) is 2.22. The second kappa shape index (κ2) is 8.79. The van der Waals surface area contributed by atoms with E-state index in [9.17, 15) is 19.7 Å². The van der Waals surface area contributed by atoms with Gasteiger partial charge in [0, 0.05) is 19.2 Å². The Bertz CT molecular complexity index is 835. The number of amides is 2. The molecular formula is C19H21N3O5. The Morgan fingerprint density at radius 3 is 2.48 bits per heavy atom. The molecular weight excluding hydrogens is 350 g/mol. The lowest BCUT2D eigenvalue weighted by atomic mass is 10.1. The van der Waals surface area contributed by atoms with Gasteiger partial charge in [-0.2, -0.15) is 0 Å². The van der Waals surface area contributed by atoms with Crippen LogP contribution in [0.3, 0.4) is 0 Å². The van der Waals surface area contributed by atoms with Gasteiger partial charge in [-0.25, -0.2) is 0 Å². The van der Waals surface area contributed by atoms with E-state index in [1.54, 1.807) is 50.4 Å². The van der Waals surface area contributed by atoms with Crippen molar-refractivity contribution >= 4 is 17.5 Å². The van der Waals surface area contributed by atoms with E-state index in [0.29, 0.717) is 11.3 Å². The number of primary amides is 1. The maximum atomic E-state index is 12.4. The lowest BCUT2D eigenvalue weighted by Crippen LogP contribution is -2.33. The van der Waals surface area contributed by atoms with Crippen molar-refractivity contribution in [3.63, 3.8) is 0 Å². The lowest BCUT2D eigenvalue weighted by Gasteiger charge is -2.25. The molecule has 8 nitrogen and oxygen atoms in total. The molecule has 0 aliphatic heterocycles. The molecule has 142 valence electrons. The van der Waals surface area contributed by atoms with Crippen LogP contribution >= 0.6 is 0 Å². The average Bonchev–Trinajstić information content (AvgIpc) is 2.65. The van der Waals surface area contributed by atoms with Crippen LogP contribution in [-0.4, -0.2) is 35.3 Å². The number of nitro benzene ring substituents is 1. The van der Waals surface area contributed by atoms with Crippen molar-refractivity contribution in [3.05, 3.63) is 69.8 Å². The van der Waals surface area contributed by atoms with Crippen molar-refractivity contribution < 1.29 is 19.2 Å². The van der Waals surface area contributed by atoms with Gasteiger partial charge in [-0.3, -0.25) is 19.7 Å². The van der Waals surface area contributed by atoms with Gasteiger partial charge in [0.05, 0.1) is 17.4 Å². The summed E-state index contributed by atoms with van der Waals surface area (Å²) in [7, 11) is 1.62. The molecule has 2 amide bonds. The highest BCUT2D eigenvalue weighted by molar-refractivity contribution is 5.78. The highest BCUT2D eigenvalue weighted by Crippen LogP contribution is 2.23. The minimum atomic E-state index is -0.469. The molecule has 0 saturated carbocycles. The van der Waals surface area contributed by atoms with Gasteiger partial charge in [0.1, 0.15) is 5.75 Å². The molecule has 8 heteroatoms. The van der Waals surface area contributed by atoms with Gasteiger partial charge in [0.2, 0.25) is 5.91 Å². The molecule has 2 rings (SSSR count). The van der Waals surface area contributed by atoms with Crippen LogP contribution in [0.5, 0.6) is 5.75 Å². The summed E-state index contributed by atoms with van der Waals surface area (Å²) in [5, 5.41) is 10.9. The summed E-state index contributed by atoms with van der Waals surface area (Å²) in [5.41, 5.74) is 6.54. The van der Waals surface area contributed by atoms with Crippen LogP contribution in [0.15, 0.2) is 48.5 Å². The molecule has 1 atom stereocenters. The largest absolute Gasteiger partial charge is 0.484 e. The third-order valence-electron chi connectivity index (χ3n) is 4.20. The maximum Gasteiger partial charge on any atom is 0.269 e. The Morgan fingerprint density at radius 2 is 1.89 bits per heavy atom. The number of rotatable bonds is 8. The van der Waals surface area contributed by atoms with Gasteiger partial charge in [-0.15, -0.1) is 0 Å². The van der Waals surface area contributed by atoms with Crippen molar-refractivity contribution in [3.8, 4) is 5.75 Å². The standard InChI is InChI=1S/C19H21N3O5/c1-13(15-4-3-5-16(11-15)22(25)26)21(2)19(24)12-27-17-8-6-14(7-9-17)10-18(20)23/h3-9,11,13H,10,12H2,1-2H3,(H2,20,23). The number of nitrogens with two attached hydrogens (primary N) is 1. The van der Waals surface area contributed by atoms with Gasteiger partial charge in [-0.1, -0.05) is 24.3 Å². The highest BCUT2D eigenvalue weighted by Gasteiger charge is 2.19. The quantitative estimate of drug-likeness (QED) is 0.564. The van der Waals surface area contributed by atoms with Crippen LogP contribution in [0, 0.1) is 10.1 Å². The molecule has 0 aliphatic carbocycles. The molecule has 2 aromatic rings. The Morgan fingerprint density at radius 1 is 1.22 bits per heavy atom. The van der Waals surface area contributed by atoms with Gasteiger partial charge >= 0.3 is 0 Å². The fraction of sp³-hybridized carbons (Fsp3) is 0.263. The first-order valence-corrected chi connectivity index (χ1v) is 8.28. The second-order valence-corrected chi connectivity index (χ2v) is 6.11. The van der Waals surface area contributed by atoms with Crippen LogP contribution in [-0.2, 0) is 16.0 Å². The minimum absolute atomic E-state index is 0.0208. The third kappa shape index (κ3) is 5.53. The van der Waals surface area contributed by atoms with Gasteiger partial charge in [-0.05, 0) is 30.2 Å². The normalized spacial score (nSPS) is 11.5. The minimum Gasteiger partial charge on any atom is -0.484 e. The number of ether oxygens (including phenoxy) is 1. The van der Waals surface area contributed by atoms with Crippen molar-refractivity contribution in [1.29, 1.82) is 0 Å². The van der Waals surface area contributed by atoms with Crippen LogP contribution in [0.4, 0.5) is 5.69 Å². The van der Waals surface area contributed by atoms with Gasteiger partial charge < -0.3 is 15.4 Å². The summed E-state index contributed by atoms with van der Waals surface area (Å²) >= 11 is 0. The Hall–Kier alpha value is -3.42. The number of likely N-dealkylation sites (N-methyl/N-ethyl adjacent to an activating group) is 1. The molecule has 0 aromatic heterocycles. The van der Waals surface area contributed by atoms with Gasteiger partial charge in [0.15, 0.2) is 6.61 Å². The topological polar surface area (TPSA) is 116 Å². The van der Waals surface area contributed by atoms with Crippen molar-refractivity contribution in [1.82, 2.24) is 4.90 Å². The first-order chi connectivity index (χ1) is 12.8. The van der Waals surface area contributed by atoms with E-state index in [0.717, 1.165) is 5.56 Å². The monoisotopic (exact) mass is 371 g/mol. The van der Waals surface area contributed by atoms with E-state index in [1.165, 1.54) is 17.0 Å². The summed E-state index contributed by atoms with van der Waals surface area (Å²) < 4.78 is 5.48. The van der Waals surface area contributed by atoms with Crippen LogP contribution in [0.2, 0.25) is 0 Å². The Labute approximate surface area is 156 Å². The zero-order valence-electron chi connectivity index (χ0n) is 15.1. The van der Waals surface area contributed by atoms with E-state index in [-0.39, 0.29) is 30.7 Å². The SMILES string of the molecule is CC(c1cccc([N+](=O)[O-])c1)N(C)C(=O)COc1ccc(CC(N)=O)cc1. The summed E-state index contributed by atoms with van der Waals surface area (Å²) in [5.74, 6) is -0.196. The number of hydrogen-bond acceptors (Lipinski definition) is 5. The predicted molar refractivity (Wildman–Crippen MR) is 99.1 cm³/mol. The number of carbonyl (C=O) groups is 2. The number of non-ortho nitro benzene ring substituents is 1. The summed E-state index contributed by atoms with van der Waals surface area (Å²) in [4.78, 5) is 35.2. The number of nitro groups is 1. The first kappa shape index (κ1) is 19.9. The Kier molecular flexibility index (Phi) is 6.48. The molecule has 1 unspecified atom stereocenters. The molecule has 27 heavy (non-hydrogen) atoms. The number of nitrogens with zero attached hydrogens (tertiary/aromatic N) is 2. The zero-order chi connectivity index (χ0) is 20.0. The molecule has 0 saturated heterocycles. The molecule has 2 aromatic carbocycles. The molecule has 0 spiro atoms. The smallest absolute Gasteiger partial charge is 0.269 e. The zero-order valence-corrected chi connectivity index (χ0v) is 15.1. The van der Waals surface area contributed by atoms with Gasteiger partial charge in [0.25, 0.3) is 11.6 Å². The molecule has 0 fully saturated rings. The highest BCUT2D eigenvalue weighted by atomic mass is 16.6. The average molecular weight is 371 g/mol. The fourth-order valence-corrected chi connectivity index (χ4v) is 2.49. The summed E-state index contributed by atoms with van der Waals surface area (Å²) in [6.07, 6.45) is 0.142. The van der Waals surface area contributed by atoms with Crippen molar-refractivity contribution in [2.45, 2.75) is 19.4 Å². The second-order valence-electron chi connectivity index (χ2n) is 6.11. The first-order valence-electron chi connectivity index (χ1n) is 8.28. The summed E-state index contributed by atoms with van der Waals surface area (Å²) in [6, 6.07) is 12.6. The molecule has 0 aliphatic rings. The number of carbonyl (C=O) groups excluding carboxylic acids is 2. The van der Waals surface area contributed by atoms with Crippen LogP contribution < -0.4 is 10.5 Å². The molecule has 0 heterocycles. The fourth-order valence-electron chi connectivity index (χ4n) is 2.49.